The van der Waals surface area contributed by atoms with E-state index in [9.17, 15) is 9.59 Å². The van der Waals surface area contributed by atoms with Crippen LogP contribution in [0.25, 0.3) is 10.9 Å². The van der Waals surface area contributed by atoms with Crippen molar-refractivity contribution < 1.29 is 38.0 Å². The molecule has 9 heteroatoms. The van der Waals surface area contributed by atoms with Gasteiger partial charge in [0, 0.05) is 18.7 Å². The second-order valence-electron chi connectivity index (χ2n) is 11.6. The Hall–Kier alpha value is -4.64. The van der Waals surface area contributed by atoms with E-state index in [1.165, 1.54) is 7.11 Å². The minimum atomic E-state index is -0.949. The largest absolute Gasteiger partial charge is 0.463 e. The third kappa shape index (κ3) is 7.57. The molecule has 6 rings (SSSR count). The number of hydrogen-bond donors (Lipinski definition) is 0. The third-order valence-electron chi connectivity index (χ3n) is 8.48. The number of nitrogens with zero attached hydrogens (tertiary/aromatic N) is 1. The summed E-state index contributed by atoms with van der Waals surface area (Å²) in [6, 6.07) is 37.0. The number of fused-ring (bicyclic) bond motifs is 1. The quantitative estimate of drug-likeness (QED) is 0.0787. The molecule has 0 spiro atoms. The van der Waals surface area contributed by atoms with E-state index in [-0.39, 0.29) is 18.8 Å². The average molecular weight is 650 g/mol. The molecule has 2 heterocycles. The minimum Gasteiger partial charge on any atom is -0.463 e. The van der Waals surface area contributed by atoms with Crippen molar-refractivity contribution in [3.05, 3.63) is 144 Å². The Morgan fingerprint density at radius 1 is 0.667 bits per heavy atom. The highest BCUT2D eigenvalue weighted by Crippen LogP contribution is 2.38. The molecule has 0 amide bonds. The van der Waals surface area contributed by atoms with Crippen LogP contribution in [0.15, 0.2) is 121 Å². The van der Waals surface area contributed by atoms with Gasteiger partial charge in [-0.15, -0.1) is 0 Å². The van der Waals surface area contributed by atoms with Crippen LogP contribution in [-0.2, 0) is 53.0 Å². The highest BCUT2D eigenvalue weighted by atomic mass is 16.6. The molecule has 0 unspecified atom stereocenters. The molecular weight excluding hydrogens is 610 g/mol. The van der Waals surface area contributed by atoms with E-state index < -0.39 is 42.4 Å². The van der Waals surface area contributed by atoms with E-state index in [0.717, 1.165) is 16.7 Å². The first kappa shape index (κ1) is 33.3. The summed E-state index contributed by atoms with van der Waals surface area (Å²) in [7, 11) is 2.82. The number of carbonyl (C=O) groups is 2. The second-order valence-corrected chi connectivity index (χ2v) is 11.6. The number of benzene rings is 4. The van der Waals surface area contributed by atoms with Crippen LogP contribution in [0.3, 0.4) is 0 Å². The van der Waals surface area contributed by atoms with Gasteiger partial charge < -0.3 is 33.0 Å². The molecule has 48 heavy (non-hydrogen) atoms. The van der Waals surface area contributed by atoms with E-state index in [2.05, 4.69) is 0 Å². The van der Waals surface area contributed by atoms with Crippen molar-refractivity contribution in [3.8, 4) is 0 Å². The van der Waals surface area contributed by atoms with E-state index >= 15 is 0 Å². The Morgan fingerprint density at radius 2 is 1.21 bits per heavy atom. The summed E-state index contributed by atoms with van der Waals surface area (Å²) in [5, 5.41) is 0.589. The van der Waals surface area contributed by atoms with Gasteiger partial charge in [-0.05, 0) is 22.8 Å². The Labute approximate surface area is 279 Å². The van der Waals surface area contributed by atoms with Crippen LogP contribution in [0.2, 0.25) is 0 Å². The van der Waals surface area contributed by atoms with Crippen LogP contribution in [0.5, 0.6) is 0 Å². The molecule has 0 saturated carbocycles. The van der Waals surface area contributed by atoms with E-state index in [1.54, 1.807) is 19.4 Å². The minimum absolute atomic E-state index is 0.202. The number of methoxy groups -OCH3 is 2. The third-order valence-corrected chi connectivity index (χ3v) is 8.48. The molecule has 0 bridgehead atoms. The van der Waals surface area contributed by atoms with Crippen LogP contribution in [0.1, 0.15) is 33.3 Å². The van der Waals surface area contributed by atoms with Crippen molar-refractivity contribution in [3.63, 3.8) is 0 Å². The number of carbonyl (C=O) groups excluding carboxylic acids is 2. The van der Waals surface area contributed by atoms with Crippen LogP contribution >= 0.6 is 0 Å². The molecule has 1 aliphatic rings. The highest BCUT2D eigenvalue weighted by molar-refractivity contribution is 6.43. The van der Waals surface area contributed by atoms with Gasteiger partial charge >= 0.3 is 5.97 Å². The first-order valence-electron chi connectivity index (χ1n) is 15.9. The van der Waals surface area contributed by atoms with Crippen molar-refractivity contribution in [2.24, 2.45) is 0 Å². The molecule has 1 saturated heterocycles. The summed E-state index contributed by atoms with van der Waals surface area (Å²) in [5.41, 5.74) is 3.88. The normalized spacial score (nSPS) is 20.8. The summed E-state index contributed by atoms with van der Waals surface area (Å²) < 4.78 is 39.2. The maximum Gasteiger partial charge on any atom is 0.379 e. The van der Waals surface area contributed by atoms with Crippen LogP contribution in [0.4, 0.5) is 0 Å². The second kappa shape index (κ2) is 16.0. The fourth-order valence-electron chi connectivity index (χ4n) is 6.10. The predicted molar refractivity (Wildman–Crippen MR) is 179 cm³/mol. The van der Waals surface area contributed by atoms with E-state index in [1.807, 2.05) is 114 Å². The van der Waals surface area contributed by atoms with Gasteiger partial charge in [-0.25, -0.2) is 4.79 Å². The molecule has 1 aromatic heterocycles. The number of ketones is 1. The lowest BCUT2D eigenvalue weighted by atomic mass is 9.97. The van der Waals surface area contributed by atoms with Gasteiger partial charge in [0.05, 0.1) is 44.6 Å². The number of Topliss-reactive ketones (excluding diaryl/α,β-unsaturated/α-hetero) is 1. The molecule has 248 valence electrons. The van der Waals surface area contributed by atoms with Gasteiger partial charge in [0.15, 0.2) is 6.23 Å². The Morgan fingerprint density at radius 3 is 1.79 bits per heavy atom. The molecule has 5 aromatic rings. The Bertz CT molecular complexity index is 1780. The first-order chi connectivity index (χ1) is 23.6. The van der Waals surface area contributed by atoms with Crippen molar-refractivity contribution in [2.75, 3.05) is 20.8 Å². The lowest BCUT2D eigenvalue weighted by Crippen LogP contribution is -2.59. The molecule has 0 N–H and O–H groups in total. The van der Waals surface area contributed by atoms with Gasteiger partial charge in [0.25, 0.3) is 5.78 Å². The fraction of sp³-hybridized carbons (Fsp3) is 0.282. The topological polar surface area (TPSA) is 94.5 Å². The maximum absolute atomic E-state index is 13.2. The van der Waals surface area contributed by atoms with Crippen LogP contribution < -0.4 is 0 Å². The van der Waals surface area contributed by atoms with Crippen molar-refractivity contribution in [2.45, 2.75) is 50.5 Å². The molecule has 4 aromatic carbocycles. The lowest BCUT2D eigenvalue weighted by molar-refractivity contribution is -0.283. The summed E-state index contributed by atoms with van der Waals surface area (Å²) in [6.07, 6.45) is -1.64. The summed E-state index contributed by atoms with van der Waals surface area (Å²) >= 11 is 0. The van der Waals surface area contributed by atoms with Gasteiger partial charge in [0.1, 0.15) is 24.4 Å². The number of esters is 1. The molecule has 9 nitrogen and oxygen atoms in total. The van der Waals surface area contributed by atoms with Crippen molar-refractivity contribution in [1.82, 2.24) is 4.57 Å². The molecule has 1 aliphatic heterocycles. The van der Waals surface area contributed by atoms with Crippen LogP contribution in [-0.4, -0.2) is 61.6 Å². The predicted octanol–water partition coefficient (Wildman–Crippen LogP) is 6.30. The highest BCUT2D eigenvalue weighted by Gasteiger charge is 2.49. The summed E-state index contributed by atoms with van der Waals surface area (Å²) in [4.78, 5) is 25.6. The number of aromatic nitrogens is 1. The van der Waals surface area contributed by atoms with Gasteiger partial charge in [-0.3, -0.25) is 4.79 Å². The van der Waals surface area contributed by atoms with E-state index in [0.29, 0.717) is 24.1 Å². The van der Waals surface area contributed by atoms with Gasteiger partial charge in [-0.1, -0.05) is 109 Å². The monoisotopic (exact) mass is 649 g/mol. The first-order valence-corrected chi connectivity index (χ1v) is 15.9. The fourth-order valence-corrected chi connectivity index (χ4v) is 6.10. The maximum atomic E-state index is 13.2. The smallest absolute Gasteiger partial charge is 0.379 e. The Kier molecular flexibility index (Phi) is 11.1. The zero-order valence-electron chi connectivity index (χ0n) is 27.0. The molecule has 5 atom stereocenters. The SMILES string of the molecule is COC(=O)C(=O)c1cn([C@@H]2O[C@H](COCc3ccccc3)[C@@H](OC)[C@H](OCc3ccccc3)[C@H]2OCc2ccccc2)c2ccccc12. The van der Waals surface area contributed by atoms with Crippen molar-refractivity contribution >= 4 is 22.7 Å². The standard InChI is InChI=1S/C39H39NO8/c1-43-35-33(26-45-23-27-14-6-3-7-15-27)48-38(40-22-31(34(41)39(42)44-2)30-20-12-13-21-32(30)40)37(47-25-29-18-10-5-11-19-29)36(35)46-24-28-16-8-4-9-17-28/h3-22,33,35-38H,23-26H2,1-2H3/t33-,35-,36+,37-,38-/m1/s1. The molecule has 1 fully saturated rings. The average Bonchev–Trinajstić information content (AvgIpc) is 3.53. The molecule has 0 radical (unpaired) electrons. The molecular formula is C39H39NO8. The zero-order valence-corrected chi connectivity index (χ0v) is 27.0. The molecule has 0 aliphatic carbocycles. The summed E-state index contributed by atoms with van der Waals surface area (Å²) in [6.45, 7) is 1.16. The lowest BCUT2D eigenvalue weighted by Gasteiger charge is -2.46. The van der Waals surface area contributed by atoms with Gasteiger partial charge in [0.2, 0.25) is 0 Å². The number of para-hydroxylation sites is 1. The number of rotatable bonds is 14. The van der Waals surface area contributed by atoms with Crippen LogP contribution in [0, 0.1) is 0 Å². The van der Waals surface area contributed by atoms with Crippen molar-refractivity contribution in [1.29, 1.82) is 0 Å². The number of ether oxygens (including phenoxy) is 6. The summed E-state index contributed by atoms with van der Waals surface area (Å²) in [5.74, 6) is -1.70. The van der Waals surface area contributed by atoms with E-state index in [4.69, 9.17) is 28.4 Å². The Balaban J connectivity index is 1.40. The number of hydrogen-bond acceptors (Lipinski definition) is 8. The van der Waals surface area contributed by atoms with Gasteiger partial charge in [-0.2, -0.15) is 0 Å². The zero-order chi connectivity index (χ0) is 33.3.